The molecule has 212 valence electrons. The fourth-order valence-electron chi connectivity index (χ4n) is 5.95. The van der Waals surface area contributed by atoms with E-state index in [4.69, 9.17) is 21.4 Å². The Labute approximate surface area is 246 Å². The van der Waals surface area contributed by atoms with Gasteiger partial charge in [0, 0.05) is 49.6 Å². The van der Waals surface area contributed by atoms with Gasteiger partial charge < -0.3 is 14.7 Å². The number of anilines is 3. The molecule has 2 saturated heterocycles. The molecule has 41 heavy (non-hydrogen) atoms. The topological polar surface area (TPSA) is 91.1 Å². The lowest BCUT2D eigenvalue weighted by Crippen LogP contribution is -2.47. The summed E-state index contributed by atoms with van der Waals surface area (Å²) in [7, 11) is 2.16. The number of nitrogens with one attached hydrogen (secondary N) is 1. The minimum atomic E-state index is -0.123. The third-order valence-corrected chi connectivity index (χ3v) is 9.59. The third-order valence-electron chi connectivity index (χ3n) is 8.21. The van der Waals surface area contributed by atoms with Gasteiger partial charge in [-0.25, -0.2) is 9.97 Å². The zero-order valence-corrected chi connectivity index (χ0v) is 24.4. The largest absolute Gasteiger partial charge is 0.353 e. The standard InChI is InChI=1S/C29H31ClN8O2S/c1-35-11-2-3-20(35)8-16-40-34-26-27(39)21-5-7-24(36-12-14-37(15-13-36)25-18-31-9-10-32-25)33-28(21)38-22-17-19(30)4-6-23(22)41-29(26)38/h4-7,9-10,17-18,20,34H,2-3,8,11-16H2,1H3. The smallest absolute Gasteiger partial charge is 0.217 e. The van der Waals surface area contributed by atoms with Crippen LogP contribution in [0.25, 0.3) is 26.1 Å². The van der Waals surface area contributed by atoms with Crippen molar-refractivity contribution in [1.82, 2.24) is 24.3 Å². The van der Waals surface area contributed by atoms with E-state index in [1.807, 2.05) is 34.7 Å². The summed E-state index contributed by atoms with van der Waals surface area (Å²) < 4.78 is 3.06. The number of hydrogen-bond donors (Lipinski definition) is 1. The molecular weight excluding hydrogens is 560 g/mol. The van der Waals surface area contributed by atoms with Crippen LogP contribution < -0.4 is 20.7 Å². The van der Waals surface area contributed by atoms with Gasteiger partial charge in [0.15, 0.2) is 5.65 Å². The van der Waals surface area contributed by atoms with Gasteiger partial charge in [-0.3, -0.25) is 24.5 Å². The Hall–Kier alpha value is -3.51. The number of fused-ring (bicyclic) bond motifs is 5. The van der Waals surface area contributed by atoms with Crippen LogP contribution in [0.5, 0.6) is 0 Å². The van der Waals surface area contributed by atoms with E-state index in [1.54, 1.807) is 18.6 Å². The van der Waals surface area contributed by atoms with Crippen molar-refractivity contribution >= 4 is 66.3 Å². The summed E-state index contributed by atoms with van der Waals surface area (Å²) in [6.07, 6.45) is 8.52. The summed E-state index contributed by atoms with van der Waals surface area (Å²) >= 11 is 7.96. The van der Waals surface area contributed by atoms with Crippen molar-refractivity contribution in [1.29, 1.82) is 0 Å². The molecule has 0 bridgehead atoms. The zero-order chi connectivity index (χ0) is 27.9. The van der Waals surface area contributed by atoms with Gasteiger partial charge in [0.25, 0.3) is 0 Å². The highest BCUT2D eigenvalue weighted by Crippen LogP contribution is 2.35. The SMILES string of the molecule is CN1CCCC1CCONc1c(=O)c2ccc(N3CCN(c4cnccn4)CC3)nc2n2c1sc1ccc(Cl)cc12. The zero-order valence-electron chi connectivity index (χ0n) is 22.8. The summed E-state index contributed by atoms with van der Waals surface area (Å²) in [5.41, 5.74) is 4.87. The lowest BCUT2D eigenvalue weighted by Gasteiger charge is -2.35. The predicted octanol–water partition coefficient (Wildman–Crippen LogP) is 4.66. The molecule has 1 aromatic carbocycles. The molecule has 2 fully saturated rings. The molecule has 7 rings (SSSR count). The molecule has 2 aliphatic rings. The van der Waals surface area contributed by atoms with E-state index in [9.17, 15) is 4.79 Å². The van der Waals surface area contributed by atoms with E-state index >= 15 is 0 Å². The monoisotopic (exact) mass is 590 g/mol. The second-order valence-corrected chi connectivity index (χ2v) is 12.1. The van der Waals surface area contributed by atoms with Crippen molar-refractivity contribution < 1.29 is 4.84 Å². The second kappa shape index (κ2) is 11.1. The van der Waals surface area contributed by atoms with Crippen LogP contribution in [0.15, 0.2) is 53.7 Å². The average Bonchev–Trinajstić information content (AvgIpc) is 3.59. The van der Waals surface area contributed by atoms with Crippen molar-refractivity contribution in [2.45, 2.75) is 25.3 Å². The van der Waals surface area contributed by atoms with Crippen LogP contribution in [-0.4, -0.2) is 76.7 Å². The number of halogens is 1. The highest BCUT2D eigenvalue weighted by molar-refractivity contribution is 7.24. The maximum absolute atomic E-state index is 13.8. The van der Waals surface area contributed by atoms with Gasteiger partial charge in [-0.05, 0) is 63.2 Å². The number of hydrogen-bond acceptors (Lipinski definition) is 10. The first kappa shape index (κ1) is 26.4. The molecule has 1 unspecified atom stereocenters. The first-order chi connectivity index (χ1) is 20.1. The van der Waals surface area contributed by atoms with Crippen LogP contribution in [0.4, 0.5) is 17.3 Å². The molecular formula is C29H31ClN8O2S. The fourth-order valence-corrected chi connectivity index (χ4v) is 7.23. The highest BCUT2D eigenvalue weighted by Gasteiger charge is 2.23. The second-order valence-electron chi connectivity index (χ2n) is 10.7. The first-order valence-corrected chi connectivity index (χ1v) is 15.2. The quantitative estimate of drug-likeness (QED) is 0.215. The third kappa shape index (κ3) is 4.97. The number of rotatable bonds is 7. The van der Waals surface area contributed by atoms with E-state index in [2.05, 4.69) is 37.2 Å². The molecule has 4 aromatic heterocycles. The molecule has 0 amide bonds. The molecule has 10 nitrogen and oxygen atoms in total. The number of piperazine rings is 1. The first-order valence-electron chi connectivity index (χ1n) is 14.0. The van der Waals surface area contributed by atoms with Crippen molar-refractivity contribution in [2.24, 2.45) is 0 Å². The minimum Gasteiger partial charge on any atom is -0.353 e. The Kier molecular flexibility index (Phi) is 7.11. The molecule has 0 saturated carbocycles. The number of nitrogens with zero attached hydrogens (tertiary/aromatic N) is 7. The minimum absolute atomic E-state index is 0.123. The molecule has 1 N–H and O–H groups in total. The van der Waals surface area contributed by atoms with Crippen molar-refractivity contribution in [3.8, 4) is 0 Å². The molecule has 0 radical (unpaired) electrons. The van der Waals surface area contributed by atoms with Crippen molar-refractivity contribution in [3.05, 3.63) is 64.2 Å². The van der Waals surface area contributed by atoms with Crippen LogP contribution in [0, 0.1) is 0 Å². The fraction of sp³-hybridized carbons (Fsp3) is 0.379. The van der Waals surface area contributed by atoms with Crippen LogP contribution >= 0.6 is 22.9 Å². The Morgan fingerprint density at radius 1 is 1.07 bits per heavy atom. The van der Waals surface area contributed by atoms with Crippen molar-refractivity contribution in [3.63, 3.8) is 0 Å². The number of likely N-dealkylation sites (tertiary alicyclic amines) is 1. The molecule has 6 heterocycles. The highest BCUT2D eigenvalue weighted by atomic mass is 35.5. The summed E-state index contributed by atoms with van der Waals surface area (Å²) in [5.74, 6) is 1.72. The van der Waals surface area contributed by atoms with Gasteiger partial charge in [-0.1, -0.05) is 11.6 Å². The van der Waals surface area contributed by atoms with E-state index in [1.165, 1.54) is 24.2 Å². The molecule has 0 spiro atoms. The summed E-state index contributed by atoms with van der Waals surface area (Å²) in [6.45, 7) is 4.83. The Balaban J connectivity index is 1.22. The van der Waals surface area contributed by atoms with E-state index in [-0.39, 0.29) is 5.43 Å². The predicted molar refractivity (Wildman–Crippen MR) is 166 cm³/mol. The van der Waals surface area contributed by atoms with Crippen LogP contribution in [0.2, 0.25) is 5.02 Å². The maximum Gasteiger partial charge on any atom is 0.217 e. The molecule has 2 aliphatic heterocycles. The molecule has 12 heteroatoms. The van der Waals surface area contributed by atoms with Crippen LogP contribution in [0.1, 0.15) is 19.3 Å². The molecule has 1 atom stereocenters. The van der Waals surface area contributed by atoms with Gasteiger partial charge in [0.2, 0.25) is 5.43 Å². The Morgan fingerprint density at radius 3 is 2.66 bits per heavy atom. The summed E-state index contributed by atoms with van der Waals surface area (Å²) in [4.78, 5) is 41.0. The number of benzene rings is 1. The Bertz CT molecular complexity index is 1770. The summed E-state index contributed by atoms with van der Waals surface area (Å²) in [5, 5.41) is 1.16. The van der Waals surface area contributed by atoms with Crippen molar-refractivity contribution in [2.75, 3.05) is 61.7 Å². The van der Waals surface area contributed by atoms with E-state index < -0.39 is 0 Å². The van der Waals surface area contributed by atoms with Crippen LogP contribution in [-0.2, 0) is 4.84 Å². The van der Waals surface area contributed by atoms with Gasteiger partial charge in [-0.2, -0.15) is 0 Å². The van der Waals surface area contributed by atoms with E-state index in [0.29, 0.717) is 34.4 Å². The van der Waals surface area contributed by atoms with Gasteiger partial charge in [-0.15, -0.1) is 11.3 Å². The lowest BCUT2D eigenvalue weighted by molar-refractivity contribution is 0.160. The average molecular weight is 591 g/mol. The number of thiazole rings is 1. The Morgan fingerprint density at radius 2 is 1.90 bits per heavy atom. The normalized spacial score (nSPS) is 18.2. The van der Waals surface area contributed by atoms with Crippen LogP contribution in [0.3, 0.4) is 0 Å². The molecule has 5 aromatic rings. The molecule has 0 aliphatic carbocycles. The number of aromatic nitrogens is 4. The van der Waals surface area contributed by atoms with E-state index in [0.717, 1.165) is 65.8 Å². The summed E-state index contributed by atoms with van der Waals surface area (Å²) in [6, 6.07) is 10.1. The maximum atomic E-state index is 13.8. The van der Waals surface area contributed by atoms with Gasteiger partial charge >= 0.3 is 0 Å². The van der Waals surface area contributed by atoms with Gasteiger partial charge in [0.05, 0.1) is 28.4 Å². The van der Waals surface area contributed by atoms with Gasteiger partial charge in [0.1, 0.15) is 22.2 Å². The lowest BCUT2D eigenvalue weighted by atomic mass is 10.2. The number of pyridine rings is 2.